The molecular weight excluding hydrogens is 148 g/mol. The summed E-state index contributed by atoms with van der Waals surface area (Å²) >= 11 is 0. The molecule has 1 nitrogen and oxygen atoms in total. The second-order valence-electron chi connectivity index (χ2n) is 4.90. The Morgan fingerprint density at radius 3 is 2.42 bits per heavy atom. The summed E-state index contributed by atoms with van der Waals surface area (Å²) in [4.78, 5) is 11.2. The summed E-state index contributed by atoms with van der Waals surface area (Å²) in [5.74, 6) is 1.43. The van der Waals surface area contributed by atoms with E-state index in [1.165, 1.54) is 32.1 Å². The topological polar surface area (TPSA) is 17.1 Å². The summed E-state index contributed by atoms with van der Waals surface area (Å²) < 4.78 is 0. The summed E-state index contributed by atoms with van der Waals surface area (Å²) in [6.07, 6.45) is 8.31. The number of hydrogen-bond acceptors (Lipinski definition) is 1. The molecule has 2 fully saturated rings. The number of carbonyl (C=O) groups is 1. The molecule has 1 heteroatoms. The molecule has 0 atom stereocenters. The minimum Gasteiger partial charge on any atom is -0.300 e. The molecule has 0 aromatic carbocycles. The summed E-state index contributed by atoms with van der Waals surface area (Å²) in [6, 6.07) is 0. The smallest absolute Gasteiger partial charge is 0.133 e. The van der Waals surface area contributed by atoms with Crippen molar-refractivity contribution < 1.29 is 4.79 Å². The molecule has 2 rings (SSSR count). The Hall–Kier alpha value is -0.330. The van der Waals surface area contributed by atoms with Gasteiger partial charge < -0.3 is 0 Å². The van der Waals surface area contributed by atoms with Gasteiger partial charge in [0.2, 0.25) is 0 Å². The fourth-order valence-corrected chi connectivity index (χ4v) is 2.80. The van der Waals surface area contributed by atoms with E-state index in [1.807, 2.05) is 0 Å². The first-order valence-electron chi connectivity index (χ1n) is 5.22. The molecule has 0 heterocycles. The number of Topliss-reactive ketones (excluding diaryl/α,β-unsaturated/α-hetero) is 1. The Labute approximate surface area is 74.5 Å². The van der Waals surface area contributed by atoms with E-state index in [4.69, 9.17) is 0 Å². The second kappa shape index (κ2) is 2.86. The van der Waals surface area contributed by atoms with Crippen LogP contribution in [0.2, 0.25) is 0 Å². The lowest BCUT2D eigenvalue weighted by Crippen LogP contribution is -2.23. The molecule has 0 aromatic rings. The fourth-order valence-electron chi connectivity index (χ4n) is 2.80. The van der Waals surface area contributed by atoms with Crippen LogP contribution in [0, 0.1) is 11.3 Å². The van der Waals surface area contributed by atoms with Gasteiger partial charge in [-0.25, -0.2) is 0 Å². The van der Waals surface area contributed by atoms with Crippen LogP contribution in [0.1, 0.15) is 51.9 Å². The van der Waals surface area contributed by atoms with E-state index in [0.29, 0.717) is 11.2 Å². The highest BCUT2D eigenvalue weighted by Gasteiger charge is 2.40. The van der Waals surface area contributed by atoms with Crippen LogP contribution < -0.4 is 0 Å². The average Bonchev–Trinajstić information content (AvgIpc) is 2.40. The first-order chi connectivity index (χ1) is 5.70. The predicted octanol–water partition coefficient (Wildman–Crippen LogP) is 2.94. The Bertz CT molecular complexity index is 187. The molecular formula is C11H18O. The molecule has 1 spiro atoms. The number of carbonyl (C=O) groups excluding carboxylic acids is 1. The highest BCUT2D eigenvalue weighted by molar-refractivity contribution is 5.81. The quantitative estimate of drug-likeness (QED) is 0.540. The molecule has 0 amide bonds. The Morgan fingerprint density at radius 1 is 1.25 bits per heavy atom. The van der Waals surface area contributed by atoms with Crippen molar-refractivity contribution in [2.45, 2.75) is 51.9 Å². The number of hydrogen-bond donors (Lipinski definition) is 0. The zero-order chi connectivity index (χ0) is 8.60. The van der Waals surface area contributed by atoms with Gasteiger partial charge in [0.15, 0.2) is 0 Å². The largest absolute Gasteiger partial charge is 0.300 e. The van der Waals surface area contributed by atoms with Crippen molar-refractivity contribution in [2.75, 3.05) is 0 Å². The van der Waals surface area contributed by atoms with Crippen LogP contribution in [0.3, 0.4) is 0 Å². The van der Waals surface area contributed by atoms with Gasteiger partial charge in [-0.1, -0.05) is 19.8 Å². The molecule has 0 radical (unpaired) electrons. The minimum absolute atomic E-state index is 0.476. The highest BCUT2D eigenvalue weighted by Crippen LogP contribution is 2.48. The molecule has 0 N–H and O–H groups in total. The lowest BCUT2D eigenvalue weighted by molar-refractivity contribution is -0.118. The third-order valence-corrected chi connectivity index (χ3v) is 3.84. The van der Waals surface area contributed by atoms with E-state index in [0.717, 1.165) is 18.8 Å². The Balaban J connectivity index is 1.99. The Morgan fingerprint density at radius 2 is 1.92 bits per heavy atom. The molecule has 68 valence electrons. The van der Waals surface area contributed by atoms with Gasteiger partial charge in [-0.05, 0) is 30.6 Å². The first kappa shape index (κ1) is 8.28. The zero-order valence-corrected chi connectivity index (χ0v) is 7.94. The van der Waals surface area contributed by atoms with Crippen LogP contribution in [0.4, 0.5) is 0 Å². The molecule has 12 heavy (non-hydrogen) atoms. The minimum atomic E-state index is 0.476. The summed E-state index contributed by atoms with van der Waals surface area (Å²) in [6.45, 7) is 2.34. The standard InChI is InChI=1S/C11H18O/c1-9-2-5-11(6-3-9)7-4-10(12)8-11/h9H,2-8H2,1H3. The monoisotopic (exact) mass is 166 g/mol. The Kier molecular flexibility index (Phi) is 1.97. The third kappa shape index (κ3) is 1.41. The van der Waals surface area contributed by atoms with Crippen molar-refractivity contribution in [2.24, 2.45) is 11.3 Å². The van der Waals surface area contributed by atoms with Crippen LogP contribution >= 0.6 is 0 Å². The lowest BCUT2D eigenvalue weighted by Gasteiger charge is -2.35. The van der Waals surface area contributed by atoms with Gasteiger partial charge in [0, 0.05) is 12.8 Å². The normalized spacial score (nSPS) is 42.4. The van der Waals surface area contributed by atoms with Crippen molar-refractivity contribution in [1.82, 2.24) is 0 Å². The van der Waals surface area contributed by atoms with Gasteiger partial charge in [0.1, 0.15) is 5.78 Å². The summed E-state index contributed by atoms with van der Waals surface area (Å²) in [5.41, 5.74) is 0.476. The highest BCUT2D eigenvalue weighted by atomic mass is 16.1. The van der Waals surface area contributed by atoms with E-state index >= 15 is 0 Å². The van der Waals surface area contributed by atoms with Crippen LogP contribution in [0.15, 0.2) is 0 Å². The van der Waals surface area contributed by atoms with Gasteiger partial charge >= 0.3 is 0 Å². The van der Waals surface area contributed by atoms with Gasteiger partial charge in [0.25, 0.3) is 0 Å². The summed E-state index contributed by atoms with van der Waals surface area (Å²) in [7, 11) is 0. The van der Waals surface area contributed by atoms with Crippen molar-refractivity contribution in [1.29, 1.82) is 0 Å². The maximum Gasteiger partial charge on any atom is 0.133 e. The predicted molar refractivity (Wildman–Crippen MR) is 48.9 cm³/mol. The van der Waals surface area contributed by atoms with Crippen LogP contribution in [0.5, 0.6) is 0 Å². The molecule has 2 saturated carbocycles. The first-order valence-corrected chi connectivity index (χ1v) is 5.22. The van der Waals surface area contributed by atoms with Gasteiger partial charge in [0.05, 0.1) is 0 Å². The lowest BCUT2D eigenvalue weighted by atomic mass is 9.70. The third-order valence-electron chi connectivity index (χ3n) is 3.84. The van der Waals surface area contributed by atoms with Gasteiger partial charge in [-0.3, -0.25) is 4.79 Å². The molecule has 0 aliphatic heterocycles. The number of rotatable bonds is 0. The van der Waals surface area contributed by atoms with Crippen molar-refractivity contribution in [3.8, 4) is 0 Å². The molecule has 0 aromatic heterocycles. The number of ketones is 1. The van der Waals surface area contributed by atoms with E-state index in [2.05, 4.69) is 6.92 Å². The van der Waals surface area contributed by atoms with Gasteiger partial charge in [-0.15, -0.1) is 0 Å². The average molecular weight is 166 g/mol. The maximum absolute atomic E-state index is 11.2. The van der Waals surface area contributed by atoms with Crippen LogP contribution in [0.25, 0.3) is 0 Å². The summed E-state index contributed by atoms with van der Waals surface area (Å²) in [5, 5.41) is 0. The molecule has 2 aliphatic carbocycles. The van der Waals surface area contributed by atoms with Crippen LogP contribution in [-0.4, -0.2) is 5.78 Å². The SMILES string of the molecule is CC1CCC2(CCC(=O)C2)CC1. The van der Waals surface area contributed by atoms with Crippen molar-refractivity contribution in [3.05, 3.63) is 0 Å². The molecule has 0 saturated heterocycles. The molecule has 0 unspecified atom stereocenters. The maximum atomic E-state index is 11.2. The van der Waals surface area contributed by atoms with Crippen molar-refractivity contribution >= 4 is 5.78 Å². The molecule has 0 bridgehead atoms. The van der Waals surface area contributed by atoms with E-state index < -0.39 is 0 Å². The van der Waals surface area contributed by atoms with Gasteiger partial charge in [-0.2, -0.15) is 0 Å². The second-order valence-corrected chi connectivity index (χ2v) is 4.90. The fraction of sp³-hybridized carbons (Fsp3) is 0.909. The van der Waals surface area contributed by atoms with Crippen LogP contribution in [-0.2, 0) is 4.79 Å². The van der Waals surface area contributed by atoms with E-state index in [1.54, 1.807) is 0 Å². The molecule has 2 aliphatic rings. The van der Waals surface area contributed by atoms with Crippen molar-refractivity contribution in [3.63, 3.8) is 0 Å². The van der Waals surface area contributed by atoms with E-state index in [-0.39, 0.29) is 0 Å². The zero-order valence-electron chi connectivity index (χ0n) is 7.94. The van der Waals surface area contributed by atoms with E-state index in [9.17, 15) is 4.79 Å².